The van der Waals surface area contributed by atoms with Crippen molar-refractivity contribution in [1.29, 1.82) is 0 Å². The summed E-state index contributed by atoms with van der Waals surface area (Å²) >= 11 is 0. The normalized spacial score (nSPS) is 37.2. The summed E-state index contributed by atoms with van der Waals surface area (Å²) in [6.45, 7) is 5.34. The molecule has 1 aliphatic heterocycles. The van der Waals surface area contributed by atoms with Crippen molar-refractivity contribution < 1.29 is 14.3 Å². The Labute approximate surface area is 66.7 Å². The average Bonchev–Trinajstić information content (AvgIpc) is 2.09. The number of rotatable bonds is 1. The predicted molar refractivity (Wildman–Crippen MR) is 40.2 cm³/mol. The first-order valence-corrected chi connectivity index (χ1v) is 3.92. The molecular weight excluding hydrogens is 144 g/mol. The van der Waals surface area contributed by atoms with Crippen LogP contribution in [0.4, 0.5) is 0 Å². The number of carbonyl (C=O) groups excluding carboxylic acids is 1. The summed E-state index contributed by atoms with van der Waals surface area (Å²) in [6, 6.07) is 0. The molecule has 64 valence electrons. The van der Waals surface area contributed by atoms with Crippen LogP contribution in [0.1, 0.15) is 27.2 Å². The van der Waals surface area contributed by atoms with Crippen LogP contribution in [0.25, 0.3) is 0 Å². The minimum absolute atomic E-state index is 0.0394. The highest BCUT2D eigenvalue weighted by atomic mass is 16.6. The van der Waals surface area contributed by atoms with Crippen molar-refractivity contribution >= 4 is 5.97 Å². The monoisotopic (exact) mass is 158 g/mol. The Kier molecular flexibility index (Phi) is 2.49. The van der Waals surface area contributed by atoms with Crippen LogP contribution in [0, 0.1) is 0 Å². The van der Waals surface area contributed by atoms with Gasteiger partial charge in [0.25, 0.3) is 0 Å². The molecule has 0 N–H and O–H groups in total. The molecule has 0 aromatic carbocycles. The Bertz CT molecular complexity index is 155. The van der Waals surface area contributed by atoms with Crippen LogP contribution in [0.15, 0.2) is 0 Å². The van der Waals surface area contributed by atoms with Gasteiger partial charge in [0.15, 0.2) is 0 Å². The first-order valence-electron chi connectivity index (χ1n) is 3.92. The fourth-order valence-electron chi connectivity index (χ4n) is 1.39. The number of hydrogen-bond acceptors (Lipinski definition) is 3. The third-order valence-electron chi connectivity index (χ3n) is 1.85. The SMILES string of the molecule is CC(=O)O[C@@H]1C[C@H](C)O[C@@H]1C. The molecule has 3 atom stereocenters. The van der Waals surface area contributed by atoms with Crippen LogP contribution >= 0.6 is 0 Å². The van der Waals surface area contributed by atoms with Crippen LogP contribution in [-0.2, 0) is 14.3 Å². The summed E-state index contributed by atoms with van der Waals surface area (Å²) in [5.74, 6) is -0.223. The van der Waals surface area contributed by atoms with Gasteiger partial charge in [0.1, 0.15) is 6.10 Å². The van der Waals surface area contributed by atoms with Crippen molar-refractivity contribution in [3.8, 4) is 0 Å². The molecule has 0 spiro atoms. The van der Waals surface area contributed by atoms with Gasteiger partial charge in [-0.2, -0.15) is 0 Å². The van der Waals surface area contributed by atoms with Gasteiger partial charge < -0.3 is 9.47 Å². The molecule has 1 aliphatic rings. The smallest absolute Gasteiger partial charge is 0.302 e. The van der Waals surface area contributed by atoms with Crippen LogP contribution < -0.4 is 0 Å². The highest BCUT2D eigenvalue weighted by Crippen LogP contribution is 2.22. The van der Waals surface area contributed by atoms with E-state index < -0.39 is 0 Å². The first-order chi connectivity index (χ1) is 5.09. The van der Waals surface area contributed by atoms with Gasteiger partial charge in [0.2, 0.25) is 0 Å². The lowest BCUT2D eigenvalue weighted by Gasteiger charge is -2.12. The number of hydrogen-bond donors (Lipinski definition) is 0. The molecule has 0 amide bonds. The van der Waals surface area contributed by atoms with Gasteiger partial charge in [0, 0.05) is 13.3 Å². The molecule has 1 rings (SSSR count). The van der Waals surface area contributed by atoms with Gasteiger partial charge in [-0.25, -0.2) is 0 Å². The second-order valence-corrected chi connectivity index (χ2v) is 3.04. The quantitative estimate of drug-likeness (QED) is 0.536. The Morgan fingerprint density at radius 3 is 2.55 bits per heavy atom. The van der Waals surface area contributed by atoms with Crippen molar-refractivity contribution in [1.82, 2.24) is 0 Å². The molecule has 0 aromatic heterocycles. The van der Waals surface area contributed by atoms with E-state index in [1.54, 1.807) is 0 Å². The fraction of sp³-hybridized carbons (Fsp3) is 0.875. The molecular formula is C8H14O3. The minimum Gasteiger partial charge on any atom is -0.460 e. The van der Waals surface area contributed by atoms with E-state index >= 15 is 0 Å². The second kappa shape index (κ2) is 3.22. The van der Waals surface area contributed by atoms with Gasteiger partial charge in [0.05, 0.1) is 12.2 Å². The van der Waals surface area contributed by atoms with Crippen molar-refractivity contribution in [2.75, 3.05) is 0 Å². The molecule has 0 saturated carbocycles. The van der Waals surface area contributed by atoms with Gasteiger partial charge in [-0.15, -0.1) is 0 Å². The summed E-state index contributed by atoms with van der Waals surface area (Å²) in [7, 11) is 0. The van der Waals surface area contributed by atoms with E-state index in [4.69, 9.17) is 9.47 Å². The predicted octanol–water partition coefficient (Wildman–Crippen LogP) is 1.12. The maximum Gasteiger partial charge on any atom is 0.302 e. The second-order valence-electron chi connectivity index (χ2n) is 3.04. The lowest BCUT2D eigenvalue weighted by molar-refractivity contribution is -0.148. The zero-order chi connectivity index (χ0) is 8.43. The first kappa shape index (κ1) is 8.53. The summed E-state index contributed by atoms with van der Waals surface area (Å²) < 4.78 is 10.4. The standard InChI is InChI=1S/C8H14O3/c1-5-4-8(6(2)10-5)11-7(3)9/h5-6,8H,4H2,1-3H3/t5-,6+,8+/m0/s1. The average molecular weight is 158 g/mol. The molecule has 1 fully saturated rings. The third kappa shape index (κ3) is 2.19. The highest BCUT2D eigenvalue weighted by Gasteiger charge is 2.31. The van der Waals surface area contributed by atoms with Gasteiger partial charge in [-0.1, -0.05) is 0 Å². The molecule has 3 heteroatoms. The summed E-state index contributed by atoms with van der Waals surface area (Å²) in [5, 5.41) is 0. The zero-order valence-corrected chi connectivity index (χ0v) is 7.16. The maximum atomic E-state index is 10.6. The Balaban J connectivity index is 2.40. The number of esters is 1. The summed E-state index contributed by atoms with van der Waals surface area (Å²) in [4.78, 5) is 10.6. The fourth-order valence-corrected chi connectivity index (χ4v) is 1.39. The lowest BCUT2D eigenvalue weighted by atomic mass is 10.2. The molecule has 0 aromatic rings. The number of ether oxygens (including phenoxy) is 2. The van der Waals surface area contributed by atoms with E-state index in [1.807, 2.05) is 13.8 Å². The van der Waals surface area contributed by atoms with Crippen molar-refractivity contribution in [2.45, 2.75) is 45.5 Å². The van der Waals surface area contributed by atoms with Crippen LogP contribution in [0.2, 0.25) is 0 Å². The molecule has 1 saturated heterocycles. The van der Waals surface area contributed by atoms with Gasteiger partial charge >= 0.3 is 5.97 Å². The molecule has 3 nitrogen and oxygen atoms in total. The minimum atomic E-state index is -0.223. The molecule has 0 radical (unpaired) electrons. The third-order valence-corrected chi connectivity index (χ3v) is 1.85. The van der Waals surface area contributed by atoms with E-state index in [-0.39, 0.29) is 24.3 Å². The number of carbonyl (C=O) groups is 1. The van der Waals surface area contributed by atoms with E-state index in [0.717, 1.165) is 6.42 Å². The topological polar surface area (TPSA) is 35.5 Å². The molecule has 0 unspecified atom stereocenters. The zero-order valence-electron chi connectivity index (χ0n) is 7.16. The summed E-state index contributed by atoms with van der Waals surface area (Å²) in [5.41, 5.74) is 0. The highest BCUT2D eigenvalue weighted by molar-refractivity contribution is 5.66. The summed E-state index contributed by atoms with van der Waals surface area (Å²) in [6.07, 6.45) is 1.05. The van der Waals surface area contributed by atoms with E-state index in [9.17, 15) is 4.79 Å². The van der Waals surface area contributed by atoms with Crippen LogP contribution in [0.3, 0.4) is 0 Å². The van der Waals surface area contributed by atoms with Crippen molar-refractivity contribution in [3.05, 3.63) is 0 Å². The largest absolute Gasteiger partial charge is 0.460 e. The van der Waals surface area contributed by atoms with Crippen molar-refractivity contribution in [2.24, 2.45) is 0 Å². The molecule has 11 heavy (non-hydrogen) atoms. The molecule has 0 aliphatic carbocycles. The van der Waals surface area contributed by atoms with E-state index in [1.165, 1.54) is 6.92 Å². The van der Waals surface area contributed by atoms with Crippen LogP contribution in [0.5, 0.6) is 0 Å². The lowest BCUT2D eigenvalue weighted by Crippen LogP contribution is -2.23. The van der Waals surface area contributed by atoms with Gasteiger partial charge in [-0.05, 0) is 13.8 Å². The Morgan fingerprint density at radius 2 is 2.18 bits per heavy atom. The Morgan fingerprint density at radius 1 is 1.55 bits per heavy atom. The maximum absolute atomic E-state index is 10.6. The van der Waals surface area contributed by atoms with Gasteiger partial charge in [-0.3, -0.25) is 4.79 Å². The van der Waals surface area contributed by atoms with E-state index in [2.05, 4.69) is 0 Å². The molecule has 1 heterocycles. The Hall–Kier alpha value is -0.570. The van der Waals surface area contributed by atoms with E-state index in [0.29, 0.717) is 0 Å². The van der Waals surface area contributed by atoms with Crippen molar-refractivity contribution in [3.63, 3.8) is 0 Å². The van der Waals surface area contributed by atoms with Crippen LogP contribution in [-0.4, -0.2) is 24.3 Å². The molecule has 0 bridgehead atoms.